The molecule has 3 aliphatic heterocycles. The fraction of sp³-hybridized carbons (Fsp3) is 0.333. The number of nitrogens with one attached hydrogen (secondary N) is 5. The summed E-state index contributed by atoms with van der Waals surface area (Å²) >= 11 is 0. The summed E-state index contributed by atoms with van der Waals surface area (Å²) in [5.74, 6) is -0.849. The van der Waals surface area contributed by atoms with E-state index in [9.17, 15) is 49.1 Å². The van der Waals surface area contributed by atoms with E-state index in [1.807, 2.05) is 78.9 Å². The van der Waals surface area contributed by atoms with Gasteiger partial charge in [0.05, 0.1) is 0 Å². The number of nitriles is 1. The number of nitrogens with zero attached hydrogens (tertiary/aromatic N) is 7. The molecule has 552 valence electrons. The number of fused-ring (bicyclic) bond motifs is 7. The number of aliphatic imine (C=N–C) groups is 1. The molecule has 2 fully saturated rings. The van der Waals surface area contributed by atoms with Crippen molar-refractivity contribution in [1.29, 1.82) is 5.26 Å². The van der Waals surface area contributed by atoms with Crippen molar-refractivity contribution in [2.75, 3.05) is 65.6 Å². The zero-order valence-corrected chi connectivity index (χ0v) is 58.8. The van der Waals surface area contributed by atoms with Gasteiger partial charge in [0, 0.05) is 37.5 Å². The summed E-state index contributed by atoms with van der Waals surface area (Å²) in [5, 5.41) is 42.7. The van der Waals surface area contributed by atoms with E-state index < -0.39 is 93.5 Å². The number of benzene rings is 6. The molecule has 5 amide bonds. The molecule has 0 bridgehead atoms. The van der Waals surface area contributed by atoms with E-state index in [2.05, 4.69) is 65.5 Å². The first-order valence-electron chi connectivity index (χ1n) is 34.6. The molecule has 0 radical (unpaired) electrons. The van der Waals surface area contributed by atoms with Crippen LogP contribution in [0, 0.1) is 11.3 Å². The SMILES string of the molecule is COc1ccc(OC[C@H]2O[C@@H](n3cnc4c(=O)[nH]c(NC(=O)CCNC(=O)c5ccc(CNC(=O)OCC6c7ccccc7-c7ccccc76)cc5)nc43)CC2O[PH](O)(OCCC#N)OC[C@H]2O[C@@H](N3C=CC(NC(=O)CCCN(C)C(=O)OCC4c5ccccc5-c5ccccc54)=NC3O)CC2O)cc1. The molecule has 0 spiro atoms. The Morgan fingerprint density at radius 3 is 1.99 bits per heavy atom. The fourth-order valence-electron chi connectivity index (χ4n) is 13.4. The van der Waals surface area contributed by atoms with Gasteiger partial charge in [0.15, 0.2) is 0 Å². The molecule has 106 heavy (non-hydrogen) atoms. The Kier molecular flexibility index (Phi) is 23.1. The van der Waals surface area contributed by atoms with E-state index in [0.29, 0.717) is 23.5 Å². The summed E-state index contributed by atoms with van der Waals surface area (Å²) in [4.78, 5) is 109. The number of amides is 5. The molecule has 3 unspecified atom stereocenters. The van der Waals surface area contributed by atoms with Crippen LogP contribution in [0.5, 0.6) is 11.5 Å². The molecule has 13 rings (SSSR count). The van der Waals surface area contributed by atoms with Crippen molar-refractivity contribution in [1.82, 2.24) is 45.3 Å². The van der Waals surface area contributed by atoms with E-state index in [-0.39, 0.29) is 113 Å². The maximum absolute atomic E-state index is 13.5. The zero-order valence-electron chi connectivity index (χ0n) is 57.8. The molecule has 8 aromatic rings. The molecule has 7 atom stereocenters. The molecule has 2 aliphatic carbocycles. The summed E-state index contributed by atoms with van der Waals surface area (Å²) < 4.78 is 55.2. The van der Waals surface area contributed by atoms with Gasteiger partial charge in [-0.2, -0.15) is 0 Å². The van der Waals surface area contributed by atoms with Crippen molar-refractivity contribution in [2.24, 2.45) is 4.99 Å². The number of methoxy groups -OCH3 is 1. The molecule has 30 nitrogen and oxygen atoms in total. The van der Waals surface area contributed by atoms with Crippen molar-refractivity contribution >= 4 is 61.0 Å². The van der Waals surface area contributed by atoms with Gasteiger partial charge in [0.2, 0.25) is 0 Å². The second-order valence-electron chi connectivity index (χ2n) is 25.7. The van der Waals surface area contributed by atoms with E-state index in [1.54, 1.807) is 55.6 Å². The number of anilines is 1. The van der Waals surface area contributed by atoms with Crippen LogP contribution < -0.4 is 36.3 Å². The van der Waals surface area contributed by atoms with Crippen LogP contribution in [0.3, 0.4) is 0 Å². The summed E-state index contributed by atoms with van der Waals surface area (Å²) in [6, 6.07) is 47.5. The van der Waals surface area contributed by atoms with Crippen LogP contribution in [-0.4, -0.2) is 177 Å². The molecule has 6 aromatic carbocycles. The molecule has 31 heteroatoms. The van der Waals surface area contributed by atoms with Crippen molar-refractivity contribution in [2.45, 2.75) is 100 Å². The minimum atomic E-state index is -4.88. The first-order valence-corrected chi connectivity index (χ1v) is 36.3. The number of carbonyl (C=O) groups excluding carboxylic acids is 5. The molecule has 8 N–H and O–H groups in total. The van der Waals surface area contributed by atoms with Gasteiger partial charge in [-0.25, -0.2) is 9.59 Å². The van der Waals surface area contributed by atoms with Crippen molar-refractivity contribution in [3.63, 3.8) is 0 Å². The molecular formula is C75H79N12O18P. The number of aromatic amines is 1. The number of hydrogen-bond donors (Lipinski definition) is 8. The average Bonchev–Trinajstić information content (AvgIpc) is 1.64. The van der Waals surface area contributed by atoms with Crippen LogP contribution in [0.15, 0.2) is 174 Å². The summed E-state index contributed by atoms with van der Waals surface area (Å²) in [6.07, 6.45) is -5.12. The fourth-order valence-corrected chi connectivity index (χ4v) is 15.0. The normalized spacial score (nSPS) is 19.4. The number of H-pyrrole nitrogens is 1. The first-order chi connectivity index (χ1) is 51.5. The molecule has 0 saturated carbocycles. The Bertz CT molecular complexity index is 4600. The van der Waals surface area contributed by atoms with Crippen LogP contribution in [-0.2, 0) is 48.7 Å². The summed E-state index contributed by atoms with van der Waals surface area (Å²) in [5.41, 5.74) is 9.07. The molecular weight excluding hydrogens is 1390 g/mol. The minimum absolute atomic E-state index is 0.00807. The van der Waals surface area contributed by atoms with Gasteiger partial charge in [0.1, 0.15) is 13.2 Å². The average molecular weight is 1470 g/mol. The number of aromatic nitrogens is 4. The monoisotopic (exact) mass is 1470 g/mol. The van der Waals surface area contributed by atoms with Gasteiger partial charge < -0.3 is 25.0 Å². The molecule has 2 saturated heterocycles. The number of amidine groups is 1. The van der Waals surface area contributed by atoms with Crippen molar-refractivity contribution < 1.29 is 81.1 Å². The predicted octanol–water partition coefficient (Wildman–Crippen LogP) is 7.78. The summed E-state index contributed by atoms with van der Waals surface area (Å²) in [6.45, 7) is -0.404. The molecule has 2 aromatic heterocycles. The standard InChI is InChI=1S/C75H79N12O18P/c1-85(75(95)100-41-58-55-19-9-5-15-51(55)52-16-6-10-20-56(52)58)34-11-21-64(89)80-63-31-35-86(73(93)81-63)66-37-59(88)61(103-66)43-102-106(96,101-36-12-32-76)105-60-38-67(104-62(60)42-98-48-28-26-47(97-2)27-29-48)87-44-79-68-69(87)83-72(84-71(68)92)82-65(90)30-33-77-70(91)46-24-22-45(23-25-46)39-78-74(94)99-40-57-53-17-7-3-13-49(53)50-14-4-8-18-54(50)57/h3-10,13-20,22-29,31,35,44,57-62,66-67,73,88,93,96,106H,11-12,21,30,33-34,36-43H2,1-2H3,(H,77,91)(H,78,94)(H,80,81,89)(H2,82,83,84,90,92)/t59?,60?,61-,62-,66-,67-,73?/m1/s1. The number of ether oxygens (including phenoxy) is 6. The van der Waals surface area contributed by atoms with E-state index in [4.69, 9.17) is 42.0 Å². The maximum atomic E-state index is 13.5. The van der Waals surface area contributed by atoms with Gasteiger partial charge in [-0.1, -0.05) is 109 Å². The Hall–Kier alpha value is -11.0. The zero-order chi connectivity index (χ0) is 73.8. The van der Waals surface area contributed by atoms with Gasteiger partial charge in [-0.15, -0.1) is 0 Å². The molecule has 5 heterocycles. The molecule has 5 aliphatic rings. The summed E-state index contributed by atoms with van der Waals surface area (Å²) in [7, 11) is -1.76. The van der Waals surface area contributed by atoms with Gasteiger partial charge in [-0.3, -0.25) is 4.79 Å². The van der Waals surface area contributed by atoms with Gasteiger partial charge >= 0.3 is 337 Å². The topological polar surface area (TPSA) is 383 Å². The van der Waals surface area contributed by atoms with Crippen molar-refractivity contribution in [3.8, 4) is 39.8 Å². The number of carbonyl (C=O) groups is 5. The Balaban J connectivity index is 0.581. The van der Waals surface area contributed by atoms with E-state index >= 15 is 0 Å². The predicted molar refractivity (Wildman–Crippen MR) is 385 cm³/mol. The van der Waals surface area contributed by atoms with E-state index in [1.165, 1.54) is 40.1 Å². The number of alkyl carbamates (subject to hydrolysis) is 1. The van der Waals surface area contributed by atoms with Crippen LogP contribution in [0.2, 0.25) is 0 Å². The van der Waals surface area contributed by atoms with Crippen LogP contribution in [0.25, 0.3) is 33.4 Å². The quantitative estimate of drug-likeness (QED) is 0.0164. The van der Waals surface area contributed by atoms with Crippen LogP contribution in [0.4, 0.5) is 15.5 Å². The second-order valence-corrected chi connectivity index (χ2v) is 27.6. The van der Waals surface area contributed by atoms with Gasteiger partial charge in [0.25, 0.3) is 5.91 Å². The number of hydrogen-bond acceptors (Lipinski definition) is 23. The second kappa shape index (κ2) is 33.4. The number of rotatable bonds is 29. The third-order valence-electron chi connectivity index (χ3n) is 18.8. The Labute approximate surface area is 608 Å². The van der Waals surface area contributed by atoms with E-state index in [0.717, 1.165) is 50.1 Å². The van der Waals surface area contributed by atoms with Crippen molar-refractivity contribution in [3.05, 3.63) is 208 Å². The number of aliphatic hydroxyl groups is 2. The number of aliphatic hydroxyl groups excluding tert-OH is 2. The van der Waals surface area contributed by atoms with Crippen LogP contribution in [0.1, 0.15) is 94.8 Å². The third-order valence-corrected chi connectivity index (χ3v) is 20.5. The Morgan fingerprint density at radius 1 is 0.726 bits per heavy atom. The first kappa shape index (κ1) is 73.3. The third kappa shape index (κ3) is 17.2. The van der Waals surface area contributed by atoms with Crippen LogP contribution >= 0.6 is 8.17 Å². The van der Waals surface area contributed by atoms with Gasteiger partial charge in [-0.05, 0) is 68.6 Å². The Morgan fingerprint density at radius 2 is 1.35 bits per heavy atom. The number of imidazole rings is 1.